The molecule has 3 fully saturated rings. The number of amides is 1. The molecule has 0 aromatic carbocycles. The van der Waals surface area contributed by atoms with E-state index < -0.39 is 0 Å². The summed E-state index contributed by atoms with van der Waals surface area (Å²) in [4.78, 5) is 20.9. The molecule has 1 aromatic rings. The van der Waals surface area contributed by atoms with Gasteiger partial charge in [0, 0.05) is 25.5 Å². The summed E-state index contributed by atoms with van der Waals surface area (Å²) in [7, 11) is 0. The number of hydrogen-bond acceptors (Lipinski definition) is 5. The first kappa shape index (κ1) is 22.4. The maximum absolute atomic E-state index is 12.7. The maximum atomic E-state index is 12.7. The van der Waals surface area contributed by atoms with E-state index in [1.54, 1.807) is 6.20 Å². The number of aliphatic hydroxyl groups is 2. The predicted molar refractivity (Wildman–Crippen MR) is 119 cm³/mol. The Morgan fingerprint density at radius 2 is 2.03 bits per heavy atom. The summed E-state index contributed by atoms with van der Waals surface area (Å²) in [5, 5.41) is 23.6. The quantitative estimate of drug-likeness (QED) is 0.626. The van der Waals surface area contributed by atoms with Crippen molar-refractivity contribution in [1.29, 1.82) is 0 Å². The average Bonchev–Trinajstić information content (AvgIpc) is 3.08. The van der Waals surface area contributed by atoms with Crippen LogP contribution in [-0.4, -0.2) is 45.3 Å². The van der Waals surface area contributed by atoms with Gasteiger partial charge in [0.05, 0.1) is 12.3 Å². The fraction of sp³-hybridized carbons (Fsp3) is 0.720. The smallest absolute Gasteiger partial charge is 0.271 e. The number of nitrogens with zero attached hydrogens (tertiary/aromatic N) is 2. The van der Waals surface area contributed by atoms with E-state index in [9.17, 15) is 15.0 Å². The Morgan fingerprint density at radius 1 is 1.23 bits per heavy atom. The second-order valence-electron chi connectivity index (χ2n) is 10.6. The first-order chi connectivity index (χ1) is 14.8. The summed E-state index contributed by atoms with van der Waals surface area (Å²) >= 11 is 0. The highest BCUT2D eigenvalue weighted by Gasteiger charge is 2.56. The second kappa shape index (κ2) is 8.62. The first-order valence-corrected chi connectivity index (χ1v) is 11.8. The van der Waals surface area contributed by atoms with Crippen molar-refractivity contribution < 1.29 is 15.0 Å². The van der Waals surface area contributed by atoms with Gasteiger partial charge in [-0.1, -0.05) is 26.0 Å². The first-order valence-electron chi connectivity index (χ1n) is 11.8. The lowest BCUT2D eigenvalue weighted by Crippen LogP contribution is -2.53. The van der Waals surface area contributed by atoms with E-state index in [4.69, 9.17) is 0 Å². The number of hydrogen-bond donors (Lipinski definition) is 3. The molecular weight excluding hydrogens is 390 g/mol. The fourth-order valence-electron chi connectivity index (χ4n) is 7.18. The zero-order valence-electron chi connectivity index (χ0n) is 18.9. The third-order valence-corrected chi connectivity index (χ3v) is 9.26. The number of rotatable bonds is 5. The van der Waals surface area contributed by atoms with Gasteiger partial charge in [0.15, 0.2) is 0 Å². The van der Waals surface area contributed by atoms with Gasteiger partial charge in [-0.05, 0) is 79.4 Å². The zero-order valence-corrected chi connectivity index (χ0v) is 18.9. The van der Waals surface area contributed by atoms with Gasteiger partial charge in [0.1, 0.15) is 5.69 Å². The van der Waals surface area contributed by atoms with Crippen LogP contribution >= 0.6 is 0 Å². The van der Waals surface area contributed by atoms with Crippen molar-refractivity contribution in [2.75, 3.05) is 13.2 Å². The molecule has 31 heavy (non-hydrogen) atoms. The Balaban J connectivity index is 1.60. The highest BCUT2D eigenvalue weighted by atomic mass is 16.3. The van der Waals surface area contributed by atoms with Gasteiger partial charge in [0.25, 0.3) is 5.91 Å². The maximum Gasteiger partial charge on any atom is 0.271 e. The normalized spacial score (nSPS) is 40.4. The zero-order chi connectivity index (χ0) is 22.2. The molecule has 3 saturated carbocycles. The third-order valence-electron chi connectivity index (χ3n) is 9.26. The number of nitrogens with one attached hydrogen (secondary N) is 1. The van der Waals surface area contributed by atoms with Crippen LogP contribution < -0.4 is 5.32 Å². The molecule has 170 valence electrons. The monoisotopic (exact) mass is 427 g/mol. The van der Waals surface area contributed by atoms with Crippen LogP contribution in [0.15, 0.2) is 30.7 Å². The van der Waals surface area contributed by atoms with E-state index in [1.165, 1.54) is 18.0 Å². The Labute approximate surface area is 185 Å². The lowest BCUT2D eigenvalue weighted by molar-refractivity contribution is -0.0928. The summed E-state index contributed by atoms with van der Waals surface area (Å²) in [6.07, 6.45) is 11.0. The van der Waals surface area contributed by atoms with Crippen molar-refractivity contribution in [1.82, 2.24) is 15.3 Å². The topological polar surface area (TPSA) is 95.3 Å². The minimum Gasteiger partial charge on any atom is -0.396 e. The molecule has 0 unspecified atom stereocenters. The average molecular weight is 428 g/mol. The molecule has 3 N–H and O–H groups in total. The molecule has 4 rings (SSSR count). The van der Waals surface area contributed by atoms with Crippen LogP contribution in [0.25, 0.3) is 0 Å². The Hall–Kier alpha value is -1.79. The lowest BCUT2D eigenvalue weighted by Gasteiger charge is -2.56. The minimum absolute atomic E-state index is 0.0405. The Morgan fingerprint density at radius 3 is 2.74 bits per heavy atom. The van der Waals surface area contributed by atoms with Crippen molar-refractivity contribution in [3.05, 3.63) is 36.4 Å². The third kappa shape index (κ3) is 3.93. The molecule has 1 heterocycles. The van der Waals surface area contributed by atoms with Crippen molar-refractivity contribution in [2.45, 2.75) is 64.9 Å². The minimum atomic E-state index is -0.319. The molecule has 1 amide bonds. The summed E-state index contributed by atoms with van der Waals surface area (Å²) in [6.45, 7) is 9.79. The summed E-state index contributed by atoms with van der Waals surface area (Å²) in [6, 6.07) is 0. The molecule has 6 nitrogen and oxygen atoms in total. The molecule has 3 aliphatic rings. The van der Waals surface area contributed by atoms with Gasteiger partial charge in [-0.3, -0.25) is 9.78 Å². The van der Waals surface area contributed by atoms with Crippen LogP contribution in [0.1, 0.15) is 69.3 Å². The van der Waals surface area contributed by atoms with Crippen molar-refractivity contribution in [3.63, 3.8) is 0 Å². The summed E-state index contributed by atoms with van der Waals surface area (Å²) in [5.74, 6) is 1.09. The van der Waals surface area contributed by atoms with Crippen molar-refractivity contribution in [3.8, 4) is 0 Å². The number of carbonyl (C=O) groups is 1. The molecule has 0 spiro atoms. The van der Waals surface area contributed by atoms with E-state index in [1.807, 2.05) is 0 Å². The largest absolute Gasteiger partial charge is 0.396 e. The number of allylic oxidation sites excluding steroid dienone is 1. The van der Waals surface area contributed by atoms with Crippen LogP contribution in [0, 0.1) is 34.5 Å². The molecule has 6 heteroatoms. The van der Waals surface area contributed by atoms with E-state index in [0.29, 0.717) is 36.4 Å². The molecule has 0 aliphatic heterocycles. The number of aromatic nitrogens is 2. The molecule has 7 atom stereocenters. The van der Waals surface area contributed by atoms with Gasteiger partial charge < -0.3 is 15.5 Å². The van der Waals surface area contributed by atoms with E-state index in [-0.39, 0.29) is 35.4 Å². The molecule has 3 aliphatic carbocycles. The predicted octanol–water partition coefficient (Wildman–Crippen LogP) is 3.36. The van der Waals surface area contributed by atoms with Gasteiger partial charge in [-0.15, -0.1) is 0 Å². The highest BCUT2D eigenvalue weighted by Crippen LogP contribution is 2.63. The summed E-state index contributed by atoms with van der Waals surface area (Å²) in [5.41, 5.74) is 1.77. The van der Waals surface area contributed by atoms with Gasteiger partial charge >= 0.3 is 0 Å². The van der Waals surface area contributed by atoms with Crippen molar-refractivity contribution in [2.24, 2.45) is 34.5 Å². The van der Waals surface area contributed by atoms with Crippen LogP contribution in [0.2, 0.25) is 0 Å². The number of fused-ring (bicyclic) bond motifs is 1. The molecule has 0 saturated heterocycles. The lowest BCUT2D eigenvalue weighted by atomic mass is 9.49. The fourth-order valence-corrected chi connectivity index (χ4v) is 7.18. The van der Waals surface area contributed by atoms with Gasteiger partial charge in [-0.25, -0.2) is 4.98 Å². The van der Waals surface area contributed by atoms with E-state index in [2.05, 4.69) is 35.7 Å². The van der Waals surface area contributed by atoms with E-state index >= 15 is 0 Å². The Bertz CT molecular complexity index is 815. The van der Waals surface area contributed by atoms with Crippen LogP contribution in [0.5, 0.6) is 0 Å². The van der Waals surface area contributed by atoms with Crippen LogP contribution in [0.4, 0.5) is 0 Å². The number of carbonyl (C=O) groups excluding carboxylic acids is 1. The number of aliphatic hydroxyl groups excluding tert-OH is 2. The molecule has 1 aromatic heterocycles. The van der Waals surface area contributed by atoms with Crippen LogP contribution in [-0.2, 0) is 0 Å². The second-order valence-corrected chi connectivity index (χ2v) is 10.6. The van der Waals surface area contributed by atoms with E-state index in [0.717, 1.165) is 38.5 Å². The summed E-state index contributed by atoms with van der Waals surface area (Å²) < 4.78 is 0. The van der Waals surface area contributed by atoms with Crippen molar-refractivity contribution >= 4 is 5.91 Å². The molecule has 0 radical (unpaired) electrons. The van der Waals surface area contributed by atoms with Crippen LogP contribution in [0.3, 0.4) is 0 Å². The van der Waals surface area contributed by atoms with Gasteiger partial charge in [-0.2, -0.15) is 0 Å². The molecule has 0 bridgehead atoms. The SMILES string of the molecule is C=C1CC[C@H]2[C@H](CNC(=O)c3cnccn3)[C@@H]([C@]3(C)CC[C@H](O)C[C@@H]3CO)CC[C@]12C. The standard InChI is InChI=1S/C25H37N3O3/c1-16-4-5-20-19(13-28-23(31)22-14-26-10-11-27-22)21(7-9-24(16,20)2)25(3)8-6-18(30)12-17(25)15-29/h10-11,14,17-21,29-30H,1,4-9,12-13,15H2,2-3H3,(H,28,31)/t17-,18+,19+,20+,21+,24-,25-/m1/s1. The highest BCUT2D eigenvalue weighted by molar-refractivity contribution is 5.91. The molecular formula is C25H37N3O3. The van der Waals surface area contributed by atoms with Gasteiger partial charge in [0.2, 0.25) is 0 Å². The Kier molecular flexibility index (Phi) is 6.23.